The minimum absolute atomic E-state index is 0.00340. The Balaban J connectivity index is 1.74. The quantitative estimate of drug-likeness (QED) is 0.869. The highest BCUT2D eigenvalue weighted by molar-refractivity contribution is 6.33. The van der Waals surface area contributed by atoms with E-state index in [-0.39, 0.29) is 16.4 Å². The Hall–Kier alpha value is -2.35. The van der Waals surface area contributed by atoms with E-state index < -0.39 is 17.6 Å². The first-order valence-corrected chi connectivity index (χ1v) is 7.49. The zero-order chi connectivity index (χ0) is 17.3. The van der Waals surface area contributed by atoms with Gasteiger partial charge in [0.2, 0.25) is 0 Å². The summed E-state index contributed by atoms with van der Waals surface area (Å²) in [5.41, 5.74) is -1.07. The molecule has 0 radical (unpaired) electrons. The third-order valence-electron chi connectivity index (χ3n) is 3.37. The molecule has 126 valence electrons. The molecule has 1 heterocycles. The van der Waals surface area contributed by atoms with Crippen LogP contribution < -0.4 is 10.6 Å². The minimum atomic E-state index is -4.53. The summed E-state index contributed by atoms with van der Waals surface area (Å²) in [7, 11) is 0. The predicted molar refractivity (Wildman–Crippen MR) is 83.1 cm³/mol. The van der Waals surface area contributed by atoms with E-state index >= 15 is 0 Å². The number of amides is 1. The molecule has 3 rings (SSSR count). The number of halogens is 4. The highest BCUT2D eigenvalue weighted by Crippen LogP contribution is 2.34. The highest BCUT2D eigenvalue weighted by atomic mass is 35.5. The molecular formula is C15H12ClF3N4O. The Bertz CT molecular complexity index is 760. The van der Waals surface area contributed by atoms with Crippen LogP contribution in [0.2, 0.25) is 5.02 Å². The molecule has 1 amide bonds. The van der Waals surface area contributed by atoms with Crippen molar-refractivity contribution in [3.05, 3.63) is 46.6 Å². The van der Waals surface area contributed by atoms with Crippen molar-refractivity contribution >= 4 is 29.0 Å². The summed E-state index contributed by atoms with van der Waals surface area (Å²) in [5, 5.41) is 13.1. The third-order valence-corrected chi connectivity index (χ3v) is 3.70. The molecule has 0 unspecified atom stereocenters. The number of hydrogen-bond acceptors (Lipinski definition) is 4. The smallest absolute Gasteiger partial charge is 0.366 e. The number of nitrogens with zero attached hydrogens (tertiary/aromatic N) is 2. The van der Waals surface area contributed by atoms with Gasteiger partial charge in [-0.15, -0.1) is 10.2 Å². The molecule has 1 aromatic carbocycles. The van der Waals surface area contributed by atoms with Gasteiger partial charge in [-0.3, -0.25) is 4.79 Å². The van der Waals surface area contributed by atoms with Gasteiger partial charge in [0.15, 0.2) is 5.69 Å². The van der Waals surface area contributed by atoms with Crippen molar-refractivity contribution < 1.29 is 18.0 Å². The molecule has 0 bridgehead atoms. The van der Waals surface area contributed by atoms with Crippen molar-refractivity contribution in [3.63, 3.8) is 0 Å². The fourth-order valence-corrected chi connectivity index (χ4v) is 2.12. The molecule has 0 saturated heterocycles. The Morgan fingerprint density at radius 3 is 2.50 bits per heavy atom. The number of hydrogen-bond donors (Lipinski definition) is 2. The van der Waals surface area contributed by atoms with Gasteiger partial charge in [0.25, 0.3) is 5.91 Å². The summed E-state index contributed by atoms with van der Waals surface area (Å²) >= 11 is 5.84. The van der Waals surface area contributed by atoms with Crippen LogP contribution >= 0.6 is 11.6 Å². The molecule has 2 N–H and O–H groups in total. The van der Waals surface area contributed by atoms with Crippen LogP contribution in [0, 0.1) is 0 Å². The zero-order valence-corrected chi connectivity index (χ0v) is 12.9. The second kappa shape index (κ2) is 6.27. The van der Waals surface area contributed by atoms with Gasteiger partial charge in [0.1, 0.15) is 5.82 Å². The first-order valence-electron chi connectivity index (χ1n) is 7.11. The van der Waals surface area contributed by atoms with Crippen molar-refractivity contribution in [3.8, 4) is 0 Å². The first kappa shape index (κ1) is 16.5. The highest BCUT2D eigenvalue weighted by Gasteiger charge is 2.31. The summed E-state index contributed by atoms with van der Waals surface area (Å²) in [6.07, 6.45) is -2.39. The fourth-order valence-electron chi connectivity index (χ4n) is 1.95. The predicted octanol–water partition coefficient (Wildman–Crippen LogP) is 3.98. The van der Waals surface area contributed by atoms with Crippen molar-refractivity contribution in [1.82, 2.24) is 10.2 Å². The van der Waals surface area contributed by atoms with Gasteiger partial charge >= 0.3 is 6.18 Å². The number of alkyl halides is 3. The molecule has 2 aromatic rings. The maximum absolute atomic E-state index is 12.7. The normalized spacial score (nSPS) is 14.3. The van der Waals surface area contributed by atoms with Crippen molar-refractivity contribution in [1.29, 1.82) is 0 Å². The lowest BCUT2D eigenvalue weighted by atomic mass is 10.2. The van der Waals surface area contributed by atoms with E-state index in [0.717, 1.165) is 31.0 Å². The average molecular weight is 357 g/mol. The van der Waals surface area contributed by atoms with E-state index in [2.05, 4.69) is 20.8 Å². The average Bonchev–Trinajstić information content (AvgIpc) is 3.33. The summed E-state index contributed by atoms with van der Waals surface area (Å²) in [6, 6.07) is 6.12. The molecule has 1 aromatic heterocycles. The Morgan fingerprint density at radius 2 is 1.92 bits per heavy atom. The molecule has 0 spiro atoms. The standard InChI is InChI=1S/C15H12ClF3N4O/c16-10-4-1-8(15(17,18)19)7-12(10)21-14(24)11-5-6-13(23-22-11)20-9-2-3-9/h1,4-7,9H,2-3H2,(H,20,23)(H,21,24). The minimum Gasteiger partial charge on any atom is -0.366 e. The van der Waals surface area contributed by atoms with Gasteiger partial charge in [0.05, 0.1) is 16.3 Å². The van der Waals surface area contributed by atoms with Gasteiger partial charge in [-0.1, -0.05) is 11.6 Å². The Labute approximate surface area is 140 Å². The van der Waals surface area contributed by atoms with Crippen LogP contribution in [0.25, 0.3) is 0 Å². The van der Waals surface area contributed by atoms with E-state index in [1.54, 1.807) is 6.07 Å². The number of rotatable bonds is 4. The van der Waals surface area contributed by atoms with Gasteiger partial charge in [-0.2, -0.15) is 13.2 Å². The van der Waals surface area contributed by atoms with Crippen molar-refractivity contribution in [2.24, 2.45) is 0 Å². The number of carbonyl (C=O) groups is 1. The summed E-state index contributed by atoms with van der Waals surface area (Å²) < 4.78 is 38.2. The van der Waals surface area contributed by atoms with E-state index in [4.69, 9.17) is 11.6 Å². The molecule has 1 aliphatic carbocycles. The maximum Gasteiger partial charge on any atom is 0.416 e. The largest absolute Gasteiger partial charge is 0.416 e. The molecule has 1 aliphatic rings. The van der Waals surface area contributed by atoms with Crippen LogP contribution in [0.15, 0.2) is 30.3 Å². The monoisotopic (exact) mass is 356 g/mol. The van der Waals surface area contributed by atoms with Crippen molar-refractivity contribution in [2.75, 3.05) is 10.6 Å². The van der Waals surface area contributed by atoms with Crippen LogP contribution in [-0.4, -0.2) is 22.1 Å². The molecule has 1 saturated carbocycles. The lowest BCUT2D eigenvalue weighted by Gasteiger charge is -2.11. The summed E-state index contributed by atoms with van der Waals surface area (Å²) in [4.78, 5) is 12.1. The lowest BCUT2D eigenvalue weighted by Crippen LogP contribution is -2.16. The zero-order valence-electron chi connectivity index (χ0n) is 12.2. The topological polar surface area (TPSA) is 66.9 Å². The van der Waals surface area contributed by atoms with Gasteiger partial charge in [-0.05, 0) is 43.2 Å². The van der Waals surface area contributed by atoms with Crippen LogP contribution in [0.5, 0.6) is 0 Å². The number of nitrogens with one attached hydrogen (secondary N) is 2. The Kier molecular flexibility index (Phi) is 4.31. The van der Waals surface area contributed by atoms with Gasteiger partial charge in [0, 0.05) is 6.04 Å². The SMILES string of the molecule is O=C(Nc1cc(C(F)(F)F)ccc1Cl)c1ccc(NC2CC2)nn1. The maximum atomic E-state index is 12.7. The molecule has 24 heavy (non-hydrogen) atoms. The van der Waals surface area contributed by atoms with Gasteiger partial charge in [-0.25, -0.2) is 0 Å². The second-order valence-electron chi connectivity index (χ2n) is 5.37. The first-order chi connectivity index (χ1) is 11.3. The molecule has 1 fully saturated rings. The van der Waals surface area contributed by atoms with Crippen LogP contribution in [0.4, 0.5) is 24.7 Å². The lowest BCUT2D eigenvalue weighted by molar-refractivity contribution is -0.137. The van der Waals surface area contributed by atoms with Crippen LogP contribution in [0.3, 0.4) is 0 Å². The number of carbonyl (C=O) groups excluding carboxylic acids is 1. The fraction of sp³-hybridized carbons (Fsp3) is 0.267. The molecule has 9 heteroatoms. The number of benzene rings is 1. The van der Waals surface area contributed by atoms with E-state index in [1.807, 2.05) is 0 Å². The van der Waals surface area contributed by atoms with Crippen LogP contribution in [0.1, 0.15) is 28.9 Å². The summed E-state index contributed by atoms with van der Waals surface area (Å²) in [6.45, 7) is 0. The van der Waals surface area contributed by atoms with E-state index in [0.29, 0.717) is 11.9 Å². The molecule has 0 atom stereocenters. The second-order valence-corrected chi connectivity index (χ2v) is 5.78. The molecule has 5 nitrogen and oxygen atoms in total. The summed E-state index contributed by atoms with van der Waals surface area (Å²) in [5.74, 6) is -0.146. The van der Waals surface area contributed by atoms with Gasteiger partial charge < -0.3 is 10.6 Å². The van der Waals surface area contributed by atoms with Crippen molar-refractivity contribution in [2.45, 2.75) is 25.1 Å². The molecular weight excluding hydrogens is 345 g/mol. The van der Waals surface area contributed by atoms with E-state index in [1.165, 1.54) is 6.07 Å². The third kappa shape index (κ3) is 3.94. The molecule has 0 aliphatic heterocycles. The number of aromatic nitrogens is 2. The van der Waals surface area contributed by atoms with E-state index in [9.17, 15) is 18.0 Å². The van der Waals surface area contributed by atoms with Crippen LogP contribution in [-0.2, 0) is 6.18 Å². The Morgan fingerprint density at radius 1 is 1.17 bits per heavy atom. The number of anilines is 2.